The summed E-state index contributed by atoms with van der Waals surface area (Å²) in [5.41, 5.74) is 6.73. The van der Waals surface area contributed by atoms with E-state index in [0.29, 0.717) is 38.1 Å². The number of nitrogens with two attached hydrogens (primary N) is 1. The fourth-order valence-corrected chi connectivity index (χ4v) is 3.30. The second-order valence-electron chi connectivity index (χ2n) is 4.45. The van der Waals surface area contributed by atoms with Gasteiger partial charge in [0, 0.05) is 17.2 Å². The van der Waals surface area contributed by atoms with E-state index in [2.05, 4.69) is 20.4 Å². The van der Waals surface area contributed by atoms with Crippen molar-refractivity contribution in [2.75, 3.05) is 5.73 Å². The maximum absolute atomic E-state index is 10.8. The number of rotatable bonds is 5. The monoisotopic (exact) mass is 350 g/mol. The Morgan fingerprint density at radius 1 is 1.35 bits per heavy atom. The molecule has 23 heavy (non-hydrogen) atoms. The molecule has 0 saturated heterocycles. The Balaban J connectivity index is 1.73. The Kier molecular flexibility index (Phi) is 4.21. The topological polar surface area (TPSA) is 134 Å². The minimum atomic E-state index is -0.428. The molecule has 0 atom stereocenters. The molecule has 0 aliphatic heterocycles. The highest BCUT2D eigenvalue weighted by Gasteiger charge is 2.15. The zero-order valence-electron chi connectivity index (χ0n) is 11.8. The zero-order chi connectivity index (χ0) is 16.4. The molecule has 3 rings (SSSR count). The molecule has 2 heterocycles. The maximum Gasteiger partial charge on any atom is 0.272 e. The summed E-state index contributed by atoms with van der Waals surface area (Å²) < 4.78 is 6.28. The summed E-state index contributed by atoms with van der Waals surface area (Å²) >= 11 is 2.67. The smallest absolute Gasteiger partial charge is 0.272 e. The first kappa shape index (κ1) is 15.4. The van der Waals surface area contributed by atoms with Gasteiger partial charge in [-0.25, -0.2) is 0 Å². The quantitative estimate of drug-likeness (QED) is 0.418. The minimum Gasteiger partial charge on any atom is -0.420 e. The summed E-state index contributed by atoms with van der Waals surface area (Å²) in [4.78, 5) is 10.4. The summed E-state index contributed by atoms with van der Waals surface area (Å²) in [5.74, 6) is 1.18. The van der Waals surface area contributed by atoms with E-state index in [-0.39, 0.29) is 5.69 Å². The lowest BCUT2D eigenvalue weighted by molar-refractivity contribution is -0.385. The second-order valence-corrected chi connectivity index (χ2v) is 6.69. The van der Waals surface area contributed by atoms with E-state index in [1.54, 1.807) is 19.1 Å². The van der Waals surface area contributed by atoms with Crippen LogP contribution in [0.3, 0.4) is 0 Å². The van der Waals surface area contributed by atoms with E-state index in [1.807, 2.05) is 0 Å². The molecule has 1 aromatic carbocycles. The van der Waals surface area contributed by atoms with E-state index in [1.165, 1.54) is 29.2 Å². The molecule has 0 aliphatic carbocycles. The van der Waals surface area contributed by atoms with Crippen molar-refractivity contribution < 1.29 is 9.34 Å². The average molecular weight is 350 g/mol. The van der Waals surface area contributed by atoms with Gasteiger partial charge in [0.1, 0.15) is 0 Å². The molecule has 2 aromatic heterocycles. The van der Waals surface area contributed by atoms with Crippen molar-refractivity contribution in [3.63, 3.8) is 0 Å². The summed E-state index contributed by atoms with van der Waals surface area (Å²) in [6.07, 6.45) is 0. The zero-order valence-corrected chi connectivity index (χ0v) is 13.4. The fourth-order valence-electron chi connectivity index (χ4n) is 1.82. The van der Waals surface area contributed by atoms with Crippen LogP contribution >= 0.6 is 23.1 Å². The van der Waals surface area contributed by atoms with Gasteiger partial charge in [0.2, 0.25) is 16.9 Å². The first-order valence-corrected chi connectivity index (χ1v) is 8.12. The lowest BCUT2D eigenvalue weighted by Gasteiger charge is -1.99. The van der Waals surface area contributed by atoms with Gasteiger partial charge in [-0.2, -0.15) is 0 Å². The largest absolute Gasteiger partial charge is 0.420 e. The number of aryl methyl sites for hydroxylation is 1. The van der Waals surface area contributed by atoms with Crippen LogP contribution in [0.5, 0.6) is 0 Å². The molecule has 2 N–H and O–H groups in total. The summed E-state index contributed by atoms with van der Waals surface area (Å²) in [6, 6.07) is 4.66. The number of benzene rings is 1. The third-order valence-electron chi connectivity index (χ3n) is 2.85. The molecular formula is C12H10N6O3S2. The lowest BCUT2D eigenvalue weighted by Crippen LogP contribution is -1.91. The van der Waals surface area contributed by atoms with Crippen molar-refractivity contribution in [1.82, 2.24) is 20.4 Å². The fraction of sp³-hybridized carbons (Fsp3) is 0.167. The Morgan fingerprint density at radius 2 is 2.17 bits per heavy atom. The number of aromatic nitrogens is 4. The van der Waals surface area contributed by atoms with Gasteiger partial charge in [-0.3, -0.25) is 10.1 Å². The SMILES string of the molecule is Cc1cc(-c2nnc(CSc3nnc(N)s3)o2)ccc1[N+](=O)[O-]. The number of nitro groups is 1. The van der Waals surface area contributed by atoms with E-state index >= 15 is 0 Å². The predicted molar refractivity (Wildman–Crippen MR) is 85.0 cm³/mol. The number of hydrogen-bond donors (Lipinski definition) is 1. The molecule has 0 saturated carbocycles. The molecule has 0 aliphatic rings. The van der Waals surface area contributed by atoms with Crippen LogP contribution in [0, 0.1) is 17.0 Å². The Morgan fingerprint density at radius 3 is 2.83 bits per heavy atom. The Bertz CT molecular complexity index is 862. The highest BCUT2D eigenvalue weighted by molar-refractivity contribution is 8.00. The molecular weight excluding hydrogens is 340 g/mol. The molecule has 0 spiro atoms. The van der Waals surface area contributed by atoms with Crippen LogP contribution in [0.15, 0.2) is 27.0 Å². The van der Waals surface area contributed by atoms with E-state index in [9.17, 15) is 10.1 Å². The third-order valence-corrected chi connectivity index (χ3v) is 4.72. The maximum atomic E-state index is 10.8. The minimum absolute atomic E-state index is 0.0536. The van der Waals surface area contributed by atoms with Gasteiger partial charge in [0.05, 0.1) is 10.7 Å². The summed E-state index contributed by atoms with van der Waals surface area (Å²) in [6.45, 7) is 1.66. The van der Waals surface area contributed by atoms with Gasteiger partial charge in [-0.15, -0.1) is 20.4 Å². The molecule has 0 amide bonds. The normalized spacial score (nSPS) is 10.8. The predicted octanol–water partition coefficient (Wildman–Crippen LogP) is 2.68. The van der Waals surface area contributed by atoms with Gasteiger partial charge in [-0.1, -0.05) is 23.1 Å². The molecule has 9 nitrogen and oxygen atoms in total. The number of nitrogen functional groups attached to an aromatic ring is 1. The van der Waals surface area contributed by atoms with Gasteiger partial charge in [0.15, 0.2) is 4.34 Å². The molecule has 0 bridgehead atoms. The van der Waals surface area contributed by atoms with Crippen molar-refractivity contribution in [3.8, 4) is 11.5 Å². The second kappa shape index (κ2) is 6.30. The molecule has 0 fully saturated rings. The standard InChI is InChI=1S/C12H10N6O3S2/c1-6-4-7(2-3-8(6)18(19)20)10-15-14-9(21-10)5-22-12-17-16-11(13)23-12/h2-4H,5H2,1H3,(H2,13,16). The van der Waals surface area contributed by atoms with Gasteiger partial charge in [-0.05, 0) is 19.1 Å². The Labute approximate surface area is 138 Å². The number of nitrogens with zero attached hydrogens (tertiary/aromatic N) is 5. The lowest BCUT2D eigenvalue weighted by atomic mass is 10.1. The molecule has 3 aromatic rings. The number of thioether (sulfide) groups is 1. The van der Waals surface area contributed by atoms with Gasteiger partial charge < -0.3 is 10.2 Å². The van der Waals surface area contributed by atoms with Crippen LogP contribution in [0.4, 0.5) is 10.8 Å². The molecule has 0 radical (unpaired) electrons. The van der Waals surface area contributed by atoms with Crippen LogP contribution in [0.1, 0.15) is 11.5 Å². The molecule has 11 heteroatoms. The van der Waals surface area contributed by atoms with Crippen LogP contribution < -0.4 is 5.73 Å². The number of hydrogen-bond acceptors (Lipinski definition) is 10. The average Bonchev–Trinajstić information content (AvgIpc) is 3.13. The van der Waals surface area contributed by atoms with Gasteiger partial charge in [0.25, 0.3) is 5.69 Å². The van der Waals surface area contributed by atoms with Crippen molar-refractivity contribution in [1.29, 1.82) is 0 Å². The molecule has 0 unspecified atom stereocenters. The molecule has 118 valence electrons. The van der Waals surface area contributed by atoms with Crippen LogP contribution in [0.25, 0.3) is 11.5 Å². The van der Waals surface area contributed by atoms with E-state index in [4.69, 9.17) is 10.2 Å². The van der Waals surface area contributed by atoms with E-state index < -0.39 is 4.92 Å². The first-order valence-electron chi connectivity index (χ1n) is 6.32. The third kappa shape index (κ3) is 3.46. The van der Waals surface area contributed by atoms with Crippen LogP contribution in [-0.4, -0.2) is 25.3 Å². The van der Waals surface area contributed by atoms with Crippen molar-refractivity contribution in [2.45, 2.75) is 17.0 Å². The first-order chi connectivity index (χ1) is 11.0. The van der Waals surface area contributed by atoms with Crippen molar-refractivity contribution in [2.24, 2.45) is 0 Å². The van der Waals surface area contributed by atoms with Gasteiger partial charge >= 0.3 is 0 Å². The van der Waals surface area contributed by atoms with Crippen LogP contribution in [-0.2, 0) is 5.75 Å². The summed E-state index contributed by atoms with van der Waals surface area (Å²) in [5, 5.41) is 26.8. The highest BCUT2D eigenvalue weighted by Crippen LogP contribution is 2.29. The van der Waals surface area contributed by atoms with Crippen molar-refractivity contribution >= 4 is 33.9 Å². The van der Waals surface area contributed by atoms with Crippen molar-refractivity contribution in [3.05, 3.63) is 39.8 Å². The number of nitro benzene ring substituents is 1. The van der Waals surface area contributed by atoms with E-state index in [0.717, 1.165) is 0 Å². The summed E-state index contributed by atoms with van der Waals surface area (Å²) in [7, 11) is 0. The number of anilines is 1. The highest BCUT2D eigenvalue weighted by atomic mass is 32.2. The Hall–Kier alpha value is -2.53. The van der Waals surface area contributed by atoms with Crippen LogP contribution in [0.2, 0.25) is 0 Å².